The Kier molecular flexibility index (Phi) is 4.18. The molecular formula is C12H23N3O. The molecule has 2 rings (SSSR count). The fourth-order valence-electron chi connectivity index (χ4n) is 2.95. The first-order valence-electron chi connectivity index (χ1n) is 6.52. The van der Waals surface area contributed by atoms with Gasteiger partial charge in [-0.05, 0) is 44.7 Å². The predicted octanol–water partition coefficient (Wildman–Crippen LogP) is 0.230. The van der Waals surface area contributed by atoms with Gasteiger partial charge >= 0.3 is 0 Å². The summed E-state index contributed by atoms with van der Waals surface area (Å²) in [4.78, 5) is 12.1. The minimum absolute atomic E-state index is 0.173. The zero-order valence-electron chi connectivity index (χ0n) is 9.87. The normalized spacial score (nSPS) is 34.9. The van der Waals surface area contributed by atoms with Gasteiger partial charge in [-0.2, -0.15) is 0 Å². The van der Waals surface area contributed by atoms with E-state index in [4.69, 9.17) is 5.73 Å². The lowest BCUT2D eigenvalue weighted by molar-refractivity contribution is -0.126. The molecule has 3 atom stereocenters. The third kappa shape index (κ3) is 2.74. The van der Waals surface area contributed by atoms with E-state index < -0.39 is 0 Å². The number of carbonyl (C=O) groups is 1. The Bertz CT molecular complexity index is 238. The highest BCUT2D eigenvalue weighted by atomic mass is 16.2. The molecule has 0 spiro atoms. The number of amides is 1. The van der Waals surface area contributed by atoms with Crippen molar-refractivity contribution in [2.24, 2.45) is 17.6 Å². The van der Waals surface area contributed by atoms with Crippen LogP contribution in [-0.2, 0) is 4.79 Å². The second-order valence-electron chi connectivity index (χ2n) is 5.09. The summed E-state index contributed by atoms with van der Waals surface area (Å²) in [7, 11) is 0. The van der Waals surface area contributed by atoms with Gasteiger partial charge in [0.15, 0.2) is 0 Å². The molecule has 4 N–H and O–H groups in total. The topological polar surface area (TPSA) is 67.2 Å². The number of nitrogens with two attached hydrogens (primary N) is 1. The van der Waals surface area contributed by atoms with Crippen molar-refractivity contribution in [1.82, 2.24) is 10.6 Å². The summed E-state index contributed by atoms with van der Waals surface area (Å²) in [5.41, 5.74) is 5.70. The minimum Gasteiger partial charge on any atom is -0.352 e. The van der Waals surface area contributed by atoms with Crippen LogP contribution in [0.2, 0.25) is 0 Å². The summed E-state index contributed by atoms with van der Waals surface area (Å²) >= 11 is 0. The maximum Gasteiger partial charge on any atom is 0.223 e. The van der Waals surface area contributed by atoms with Gasteiger partial charge in [-0.15, -0.1) is 0 Å². The smallest absolute Gasteiger partial charge is 0.223 e. The number of hydrogen-bond acceptors (Lipinski definition) is 3. The predicted molar refractivity (Wildman–Crippen MR) is 63.9 cm³/mol. The van der Waals surface area contributed by atoms with E-state index in [0.29, 0.717) is 18.5 Å². The average Bonchev–Trinajstić information content (AvgIpc) is 2.78. The monoisotopic (exact) mass is 225 g/mol. The molecule has 1 aliphatic carbocycles. The molecule has 1 heterocycles. The van der Waals surface area contributed by atoms with E-state index in [-0.39, 0.29) is 11.8 Å². The van der Waals surface area contributed by atoms with E-state index in [9.17, 15) is 4.79 Å². The van der Waals surface area contributed by atoms with Gasteiger partial charge in [-0.25, -0.2) is 0 Å². The standard InChI is InChI=1S/C12H23N3O/c13-7-9-3-1-5-11(9)12(16)15-10-4-2-6-14-8-10/h9-11,14H,1-8,13H2,(H,15,16)/t9-,10?,11-/m1/s1. The lowest BCUT2D eigenvalue weighted by Gasteiger charge is -2.26. The quantitative estimate of drug-likeness (QED) is 0.644. The van der Waals surface area contributed by atoms with Crippen LogP contribution in [-0.4, -0.2) is 31.6 Å². The van der Waals surface area contributed by atoms with Crippen LogP contribution in [0.5, 0.6) is 0 Å². The largest absolute Gasteiger partial charge is 0.352 e. The molecule has 16 heavy (non-hydrogen) atoms. The molecule has 0 aromatic carbocycles. The second kappa shape index (κ2) is 5.64. The Balaban J connectivity index is 1.82. The highest BCUT2D eigenvalue weighted by molar-refractivity contribution is 5.79. The molecule has 2 aliphatic rings. The van der Waals surface area contributed by atoms with E-state index in [0.717, 1.165) is 45.2 Å². The number of rotatable bonds is 3. The van der Waals surface area contributed by atoms with Crippen LogP contribution in [0.4, 0.5) is 0 Å². The van der Waals surface area contributed by atoms with E-state index in [1.54, 1.807) is 0 Å². The van der Waals surface area contributed by atoms with Crippen LogP contribution in [0, 0.1) is 11.8 Å². The zero-order valence-corrected chi connectivity index (χ0v) is 9.87. The summed E-state index contributed by atoms with van der Waals surface area (Å²) in [5, 5.41) is 6.48. The van der Waals surface area contributed by atoms with Crippen molar-refractivity contribution < 1.29 is 4.79 Å². The Morgan fingerprint density at radius 2 is 2.19 bits per heavy atom. The SMILES string of the molecule is NC[C@H]1CCC[C@H]1C(=O)NC1CCCNC1. The van der Waals surface area contributed by atoms with Crippen molar-refractivity contribution in [3.05, 3.63) is 0 Å². The van der Waals surface area contributed by atoms with Gasteiger partial charge < -0.3 is 16.4 Å². The summed E-state index contributed by atoms with van der Waals surface area (Å²) in [5.74, 6) is 0.824. The van der Waals surface area contributed by atoms with Crippen molar-refractivity contribution in [3.63, 3.8) is 0 Å². The van der Waals surface area contributed by atoms with E-state index in [1.165, 1.54) is 0 Å². The molecule has 1 aliphatic heterocycles. The van der Waals surface area contributed by atoms with Crippen molar-refractivity contribution in [1.29, 1.82) is 0 Å². The zero-order chi connectivity index (χ0) is 11.4. The highest BCUT2D eigenvalue weighted by Crippen LogP contribution is 2.31. The lowest BCUT2D eigenvalue weighted by atomic mass is 9.94. The van der Waals surface area contributed by atoms with Gasteiger partial charge in [0.1, 0.15) is 0 Å². The number of hydrogen-bond donors (Lipinski definition) is 3. The van der Waals surface area contributed by atoms with Gasteiger partial charge in [0.05, 0.1) is 0 Å². The maximum atomic E-state index is 12.1. The molecule has 4 nitrogen and oxygen atoms in total. The van der Waals surface area contributed by atoms with Crippen molar-refractivity contribution in [3.8, 4) is 0 Å². The lowest BCUT2D eigenvalue weighted by Crippen LogP contribution is -2.48. The Hall–Kier alpha value is -0.610. The summed E-state index contributed by atoms with van der Waals surface area (Å²) in [6, 6.07) is 0.334. The Morgan fingerprint density at radius 3 is 2.88 bits per heavy atom. The van der Waals surface area contributed by atoms with Gasteiger partial charge in [-0.3, -0.25) is 4.79 Å². The Morgan fingerprint density at radius 1 is 1.31 bits per heavy atom. The average molecular weight is 225 g/mol. The first-order chi connectivity index (χ1) is 7.81. The van der Waals surface area contributed by atoms with Crippen LogP contribution in [0.3, 0.4) is 0 Å². The van der Waals surface area contributed by atoms with E-state index in [1.807, 2.05) is 0 Å². The van der Waals surface area contributed by atoms with Crippen molar-refractivity contribution >= 4 is 5.91 Å². The van der Waals surface area contributed by atoms with Crippen LogP contribution < -0.4 is 16.4 Å². The number of nitrogens with one attached hydrogen (secondary N) is 2. The Labute approximate surface area is 97.3 Å². The number of carbonyl (C=O) groups excluding carboxylic acids is 1. The van der Waals surface area contributed by atoms with Crippen LogP contribution >= 0.6 is 0 Å². The molecule has 0 aromatic heterocycles. The molecule has 2 fully saturated rings. The fourth-order valence-corrected chi connectivity index (χ4v) is 2.95. The maximum absolute atomic E-state index is 12.1. The molecular weight excluding hydrogens is 202 g/mol. The van der Waals surface area contributed by atoms with Gasteiger partial charge in [0.25, 0.3) is 0 Å². The first-order valence-corrected chi connectivity index (χ1v) is 6.52. The summed E-state index contributed by atoms with van der Waals surface area (Å²) < 4.78 is 0. The third-order valence-electron chi connectivity index (χ3n) is 3.94. The van der Waals surface area contributed by atoms with Crippen LogP contribution in [0.1, 0.15) is 32.1 Å². The molecule has 1 saturated heterocycles. The first kappa shape index (κ1) is 11.9. The number of piperidine rings is 1. The van der Waals surface area contributed by atoms with Gasteiger partial charge in [0, 0.05) is 18.5 Å². The third-order valence-corrected chi connectivity index (χ3v) is 3.94. The van der Waals surface area contributed by atoms with E-state index in [2.05, 4.69) is 10.6 Å². The molecule has 0 radical (unpaired) electrons. The molecule has 4 heteroatoms. The molecule has 1 amide bonds. The second-order valence-corrected chi connectivity index (χ2v) is 5.09. The molecule has 1 unspecified atom stereocenters. The van der Waals surface area contributed by atoms with Gasteiger partial charge in [0.2, 0.25) is 5.91 Å². The highest BCUT2D eigenvalue weighted by Gasteiger charge is 2.32. The summed E-state index contributed by atoms with van der Waals surface area (Å²) in [6.45, 7) is 2.66. The van der Waals surface area contributed by atoms with Crippen LogP contribution in [0.15, 0.2) is 0 Å². The molecule has 0 bridgehead atoms. The molecule has 0 aromatic rings. The van der Waals surface area contributed by atoms with Crippen molar-refractivity contribution in [2.45, 2.75) is 38.1 Å². The fraction of sp³-hybridized carbons (Fsp3) is 0.917. The minimum atomic E-state index is 0.173. The molecule has 92 valence electrons. The van der Waals surface area contributed by atoms with E-state index >= 15 is 0 Å². The summed E-state index contributed by atoms with van der Waals surface area (Å²) in [6.07, 6.45) is 5.57. The molecule has 1 saturated carbocycles. The van der Waals surface area contributed by atoms with Gasteiger partial charge in [-0.1, -0.05) is 6.42 Å². The van der Waals surface area contributed by atoms with Crippen LogP contribution in [0.25, 0.3) is 0 Å². The van der Waals surface area contributed by atoms with Crippen molar-refractivity contribution in [2.75, 3.05) is 19.6 Å².